The maximum atomic E-state index is 3.68. The third-order valence-corrected chi connectivity index (χ3v) is 3.13. The average molecular weight is 229 g/mol. The number of hydrogen-bond acceptors (Lipinski definition) is 1. The van der Waals surface area contributed by atoms with Crippen LogP contribution in [-0.4, -0.2) is 11.6 Å². The standard InChI is InChI=1S/C16H23N/c1-16(2,3)17-15-11-7-10-14(12-15)13-8-5-4-6-9-13/h4-6,8-9,12,15,17H,7,10-11H2,1-3H3. The lowest BCUT2D eigenvalue weighted by Crippen LogP contribution is -2.43. The third kappa shape index (κ3) is 3.71. The Morgan fingerprint density at radius 3 is 2.47 bits per heavy atom. The van der Waals surface area contributed by atoms with Crippen LogP contribution in [0.5, 0.6) is 0 Å². The summed E-state index contributed by atoms with van der Waals surface area (Å²) in [5.41, 5.74) is 3.08. The molecule has 2 rings (SSSR count). The van der Waals surface area contributed by atoms with E-state index in [1.165, 1.54) is 30.4 Å². The molecule has 0 saturated heterocycles. The molecule has 1 aromatic carbocycles. The summed E-state index contributed by atoms with van der Waals surface area (Å²) >= 11 is 0. The second-order valence-electron chi connectivity index (χ2n) is 5.95. The van der Waals surface area contributed by atoms with Gasteiger partial charge in [-0.1, -0.05) is 36.4 Å². The highest BCUT2D eigenvalue weighted by Crippen LogP contribution is 2.27. The predicted octanol–water partition coefficient (Wildman–Crippen LogP) is 4.01. The van der Waals surface area contributed by atoms with Gasteiger partial charge < -0.3 is 5.32 Å². The van der Waals surface area contributed by atoms with Crippen molar-refractivity contribution in [1.29, 1.82) is 0 Å². The van der Waals surface area contributed by atoms with Crippen molar-refractivity contribution < 1.29 is 0 Å². The van der Waals surface area contributed by atoms with Crippen molar-refractivity contribution in [3.8, 4) is 0 Å². The van der Waals surface area contributed by atoms with Gasteiger partial charge in [-0.2, -0.15) is 0 Å². The molecule has 0 fully saturated rings. The second-order valence-corrected chi connectivity index (χ2v) is 5.95. The van der Waals surface area contributed by atoms with E-state index in [9.17, 15) is 0 Å². The van der Waals surface area contributed by atoms with Gasteiger partial charge >= 0.3 is 0 Å². The van der Waals surface area contributed by atoms with Crippen LogP contribution < -0.4 is 5.32 Å². The molecule has 1 unspecified atom stereocenters. The Kier molecular flexibility index (Phi) is 3.68. The molecule has 0 aromatic heterocycles. The van der Waals surface area contributed by atoms with Gasteiger partial charge in [0.15, 0.2) is 0 Å². The van der Waals surface area contributed by atoms with E-state index in [1.807, 2.05) is 0 Å². The van der Waals surface area contributed by atoms with Gasteiger partial charge in [0.05, 0.1) is 0 Å². The minimum atomic E-state index is 0.195. The van der Waals surface area contributed by atoms with Gasteiger partial charge in [-0.15, -0.1) is 0 Å². The van der Waals surface area contributed by atoms with Gasteiger partial charge in [0.25, 0.3) is 0 Å². The van der Waals surface area contributed by atoms with Crippen molar-refractivity contribution in [2.24, 2.45) is 0 Å². The second kappa shape index (κ2) is 5.05. The molecular weight excluding hydrogens is 206 g/mol. The highest BCUT2D eigenvalue weighted by atomic mass is 15.0. The maximum Gasteiger partial charge on any atom is 0.0260 e. The number of allylic oxidation sites excluding steroid dienone is 1. The summed E-state index contributed by atoms with van der Waals surface area (Å²) in [4.78, 5) is 0. The van der Waals surface area contributed by atoms with Crippen LogP contribution in [0.1, 0.15) is 45.6 Å². The lowest BCUT2D eigenvalue weighted by Gasteiger charge is -2.30. The Morgan fingerprint density at radius 1 is 1.12 bits per heavy atom. The number of benzene rings is 1. The fraction of sp³-hybridized carbons (Fsp3) is 0.500. The fourth-order valence-electron chi connectivity index (χ4n) is 2.48. The van der Waals surface area contributed by atoms with Crippen LogP contribution in [0.2, 0.25) is 0 Å². The monoisotopic (exact) mass is 229 g/mol. The number of hydrogen-bond donors (Lipinski definition) is 1. The highest BCUT2D eigenvalue weighted by Gasteiger charge is 2.19. The summed E-state index contributed by atoms with van der Waals surface area (Å²) in [6, 6.07) is 11.3. The predicted molar refractivity (Wildman–Crippen MR) is 74.9 cm³/mol. The first-order chi connectivity index (χ1) is 8.04. The zero-order chi connectivity index (χ0) is 12.3. The Balaban J connectivity index is 2.13. The van der Waals surface area contributed by atoms with E-state index in [0.29, 0.717) is 6.04 Å². The van der Waals surface area contributed by atoms with Crippen molar-refractivity contribution >= 4 is 5.57 Å². The maximum absolute atomic E-state index is 3.68. The molecule has 0 amide bonds. The van der Waals surface area contributed by atoms with E-state index < -0.39 is 0 Å². The molecule has 1 atom stereocenters. The summed E-state index contributed by atoms with van der Waals surface area (Å²) in [7, 11) is 0. The van der Waals surface area contributed by atoms with Gasteiger partial charge in [-0.25, -0.2) is 0 Å². The molecular formula is C16H23N. The minimum Gasteiger partial charge on any atom is -0.306 e. The molecule has 1 heteroatoms. The zero-order valence-corrected chi connectivity index (χ0v) is 11.2. The summed E-state index contributed by atoms with van der Waals surface area (Å²) in [6.45, 7) is 6.70. The first-order valence-electron chi connectivity index (χ1n) is 6.58. The smallest absolute Gasteiger partial charge is 0.0260 e. The van der Waals surface area contributed by atoms with Crippen LogP contribution in [-0.2, 0) is 0 Å². The van der Waals surface area contributed by atoms with E-state index in [-0.39, 0.29) is 5.54 Å². The van der Waals surface area contributed by atoms with Crippen LogP contribution in [0, 0.1) is 0 Å². The SMILES string of the molecule is CC(C)(C)NC1C=C(c2ccccc2)CCC1. The molecule has 1 aliphatic carbocycles. The first kappa shape index (κ1) is 12.4. The summed E-state index contributed by atoms with van der Waals surface area (Å²) < 4.78 is 0. The Morgan fingerprint density at radius 2 is 1.82 bits per heavy atom. The van der Waals surface area contributed by atoms with Crippen LogP contribution in [0.4, 0.5) is 0 Å². The van der Waals surface area contributed by atoms with Gasteiger partial charge in [0, 0.05) is 11.6 Å². The third-order valence-electron chi connectivity index (χ3n) is 3.13. The van der Waals surface area contributed by atoms with Gasteiger partial charge in [-0.05, 0) is 51.2 Å². The van der Waals surface area contributed by atoms with E-state index >= 15 is 0 Å². The number of rotatable bonds is 2. The van der Waals surface area contributed by atoms with Crippen molar-refractivity contribution in [1.82, 2.24) is 5.32 Å². The molecule has 1 N–H and O–H groups in total. The topological polar surface area (TPSA) is 12.0 Å². The van der Waals surface area contributed by atoms with Gasteiger partial charge in [0.1, 0.15) is 0 Å². The quantitative estimate of drug-likeness (QED) is 0.808. The molecule has 1 aromatic rings. The Bertz CT molecular complexity index is 384. The van der Waals surface area contributed by atoms with E-state index in [4.69, 9.17) is 0 Å². The molecule has 92 valence electrons. The Labute approximate surface area is 105 Å². The molecule has 0 bridgehead atoms. The largest absolute Gasteiger partial charge is 0.306 e. The van der Waals surface area contributed by atoms with Crippen LogP contribution in [0.25, 0.3) is 5.57 Å². The molecule has 0 aliphatic heterocycles. The van der Waals surface area contributed by atoms with Crippen molar-refractivity contribution in [2.45, 2.75) is 51.6 Å². The molecule has 0 spiro atoms. The average Bonchev–Trinajstić information content (AvgIpc) is 2.28. The zero-order valence-electron chi connectivity index (χ0n) is 11.2. The number of nitrogens with one attached hydrogen (secondary N) is 1. The highest BCUT2D eigenvalue weighted by molar-refractivity contribution is 5.66. The van der Waals surface area contributed by atoms with E-state index in [0.717, 1.165) is 0 Å². The molecule has 1 nitrogen and oxygen atoms in total. The van der Waals surface area contributed by atoms with E-state index in [2.05, 4.69) is 62.5 Å². The van der Waals surface area contributed by atoms with Gasteiger partial charge in [0.2, 0.25) is 0 Å². The molecule has 0 saturated carbocycles. The fourth-order valence-corrected chi connectivity index (χ4v) is 2.48. The van der Waals surface area contributed by atoms with Gasteiger partial charge in [-0.3, -0.25) is 0 Å². The molecule has 0 radical (unpaired) electrons. The molecule has 1 aliphatic rings. The lowest BCUT2D eigenvalue weighted by molar-refractivity contribution is 0.372. The summed E-state index contributed by atoms with van der Waals surface area (Å²) in [6.07, 6.45) is 6.18. The van der Waals surface area contributed by atoms with Crippen molar-refractivity contribution in [3.05, 3.63) is 42.0 Å². The molecule has 0 heterocycles. The van der Waals surface area contributed by atoms with Crippen LogP contribution in [0.15, 0.2) is 36.4 Å². The van der Waals surface area contributed by atoms with E-state index in [1.54, 1.807) is 0 Å². The molecule has 17 heavy (non-hydrogen) atoms. The lowest BCUT2D eigenvalue weighted by atomic mass is 9.90. The first-order valence-corrected chi connectivity index (χ1v) is 6.58. The minimum absolute atomic E-state index is 0.195. The van der Waals surface area contributed by atoms with Crippen molar-refractivity contribution in [2.75, 3.05) is 0 Å². The Hall–Kier alpha value is -1.08. The van der Waals surface area contributed by atoms with Crippen LogP contribution in [0.3, 0.4) is 0 Å². The normalized spacial score (nSPS) is 21.1. The summed E-state index contributed by atoms with van der Waals surface area (Å²) in [5, 5.41) is 3.68. The van der Waals surface area contributed by atoms with Crippen LogP contribution >= 0.6 is 0 Å². The van der Waals surface area contributed by atoms with Crippen molar-refractivity contribution in [3.63, 3.8) is 0 Å². The summed E-state index contributed by atoms with van der Waals surface area (Å²) in [5.74, 6) is 0.